The van der Waals surface area contributed by atoms with Crippen LogP contribution in [0.4, 0.5) is 5.69 Å². The molecular weight excluding hydrogens is 456 g/mol. The molecule has 0 bridgehead atoms. The van der Waals surface area contributed by atoms with E-state index in [0.29, 0.717) is 12.1 Å². The van der Waals surface area contributed by atoms with Crippen molar-refractivity contribution in [3.05, 3.63) is 52.6 Å². The van der Waals surface area contributed by atoms with Crippen molar-refractivity contribution >= 4 is 29.6 Å². The minimum atomic E-state index is -2.04. The van der Waals surface area contributed by atoms with Crippen molar-refractivity contribution in [2.75, 3.05) is 25.2 Å². The van der Waals surface area contributed by atoms with Crippen LogP contribution in [0.1, 0.15) is 46.1 Å². The number of carbonyl (C=O) groups excluding carboxylic acids is 4. The maximum absolute atomic E-state index is 13.6. The van der Waals surface area contributed by atoms with Gasteiger partial charge >= 0.3 is 23.9 Å². The number of unbranched alkanes of at least 4 members (excludes halogenated alkanes) is 1. The number of anilines is 1. The molecule has 0 fully saturated rings. The maximum atomic E-state index is 13.6. The fourth-order valence-electron chi connectivity index (χ4n) is 4.29. The quantitative estimate of drug-likeness (QED) is 0.331. The van der Waals surface area contributed by atoms with E-state index in [1.165, 1.54) is 18.9 Å². The molecule has 0 radical (unpaired) electrons. The molecular formula is C25H30N2O8. The minimum absolute atomic E-state index is 0.0106. The van der Waals surface area contributed by atoms with E-state index < -0.39 is 35.4 Å². The first-order valence-corrected chi connectivity index (χ1v) is 11.4. The Morgan fingerprint density at radius 2 is 1.83 bits per heavy atom. The number of hydrogen-bond acceptors (Lipinski definition) is 10. The molecule has 0 saturated carbocycles. The molecule has 188 valence electrons. The molecule has 2 aliphatic heterocycles. The highest BCUT2D eigenvalue weighted by Crippen LogP contribution is 2.54. The lowest BCUT2D eigenvalue weighted by Gasteiger charge is -2.40. The fraction of sp³-hybridized carbons (Fsp3) is 0.440. The Kier molecular flexibility index (Phi) is 7.52. The minimum Gasteiger partial charge on any atom is -0.468 e. The number of nitrogens with zero attached hydrogens (tertiary/aromatic N) is 1. The van der Waals surface area contributed by atoms with Crippen LogP contribution in [-0.2, 0) is 43.5 Å². The van der Waals surface area contributed by atoms with E-state index in [9.17, 15) is 19.2 Å². The van der Waals surface area contributed by atoms with E-state index >= 15 is 0 Å². The monoisotopic (exact) mass is 486 g/mol. The van der Waals surface area contributed by atoms with Crippen LogP contribution in [0.2, 0.25) is 0 Å². The average Bonchev–Trinajstić information content (AvgIpc) is 3.06. The van der Waals surface area contributed by atoms with Gasteiger partial charge in [-0.15, -0.1) is 0 Å². The molecule has 10 heteroatoms. The number of ether oxygens (including phenoxy) is 4. The van der Waals surface area contributed by atoms with E-state index in [0.717, 1.165) is 6.42 Å². The van der Waals surface area contributed by atoms with Gasteiger partial charge in [0.15, 0.2) is 5.41 Å². The molecule has 2 aliphatic rings. The number of fused-ring (bicyclic) bond motifs is 2. The Balaban J connectivity index is 2.35. The van der Waals surface area contributed by atoms with Gasteiger partial charge in [0, 0.05) is 11.3 Å². The van der Waals surface area contributed by atoms with Crippen LogP contribution >= 0.6 is 0 Å². The molecule has 1 spiro atoms. The number of cyclic esters (lactones) is 1. The number of benzene rings is 1. The maximum Gasteiger partial charge on any atom is 0.339 e. The van der Waals surface area contributed by atoms with Crippen molar-refractivity contribution in [1.82, 2.24) is 0 Å². The Labute approximate surface area is 203 Å². The molecule has 0 aliphatic carbocycles. The number of carbonyl (C=O) groups is 4. The van der Waals surface area contributed by atoms with E-state index in [1.807, 2.05) is 6.92 Å². The number of hydrogen-bond donors (Lipinski definition) is 1. The summed E-state index contributed by atoms with van der Waals surface area (Å²) in [5, 5.41) is 0. The van der Waals surface area contributed by atoms with Gasteiger partial charge in [-0.1, -0.05) is 31.5 Å². The van der Waals surface area contributed by atoms with Gasteiger partial charge in [-0.3, -0.25) is 4.79 Å². The van der Waals surface area contributed by atoms with Gasteiger partial charge in [0.25, 0.3) is 0 Å². The number of rotatable bonds is 8. The number of esters is 4. The molecule has 35 heavy (non-hydrogen) atoms. The Hall–Kier alpha value is -3.82. The Morgan fingerprint density at radius 3 is 2.46 bits per heavy atom. The number of nitrogens with two attached hydrogens (primary N) is 1. The molecule has 3 rings (SSSR count). The molecule has 10 nitrogen and oxygen atoms in total. The van der Waals surface area contributed by atoms with Gasteiger partial charge in [-0.2, -0.15) is 0 Å². The zero-order valence-electron chi connectivity index (χ0n) is 20.5. The fourth-order valence-corrected chi connectivity index (χ4v) is 4.29. The number of methoxy groups -OCH3 is 1. The van der Waals surface area contributed by atoms with E-state index in [4.69, 9.17) is 24.7 Å². The first-order valence-electron chi connectivity index (χ1n) is 11.4. The van der Waals surface area contributed by atoms with Gasteiger partial charge < -0.3 is 29.6 Å². The molecule has 2 N–H and O–H groups in total. The van der Waals surface area contributed by atoms with Crippen LogP contribution in [0.5, 0.6) is 0 Å². The molecule has 0 aromatic heterocycles. The summed E-state index contributed by atoms with van der Waals surface area (Å²) in [6.45, 7) is 6.43. The standard InChI is InChI=1S/C25H30N2O8/c1-6-7-12-33-22(29)20-21(26)27(13-18(28)32-5)17-11-9-8-10-16(17)25(20)19(15(4)35-24(25)31)23(30)34-14(2)3/h8-11,14H,6-7,12-13,26H2,1-5H3/t25-/m0/s1. The molecule has 0 amide bonds. The van der Waals surface area contributed by atoms with Crippen LogP contribution in [0.25, 0.3) is 0 Å². The lowest BCUT2D eigenvalue weighted by atomic mass is 9.66. The summed E-state index contributed by atoms with van der Waals surface area (Å²) in [5.74, 6) is -3.48. The summed E-state index contributed by atoms with van der Waals surface area (Å²) in [5.41, 5.74) is 4.55. The second-order valence-corrected chi connectivity index (χ2v) is 8.45. The lowest BCUT2D eigenvalue weighted by Crippen LogP contribution is -2.51. The van der Waals surface area contributed by atoms with E-state index in [1.54, 1.807) is 38.1 Å². The molecule has 1 atom stereocenters. The molecule has 1 aromatic carbocycles. The molecule has 1 aromatic rings. The van der Waals surface area contributed by atoms with Crippen molar-refractivity contribution in [1.29, 1.82) is 0 Å². The topological polar surface area (TPSA) is 134 Å². The van der Waals surface area contributed by atoms with Crippen LogP contribution < -0.4 is 10.6 Å². The highest BCUT2D eigenvalue weighted by molar-refractivity contribution is 6.16. The smallest absolute Gasteiger partial charge is 0.339 e. The summed E-state index contributed by atoms with van der Waals surface area (Å²) < 4.78 is 21.1. The summed E-state index contributed by atoms with van der Waals surface area (Å²) in [6, 6.07) is 6.52. The van der Waals surface area contributed by atoms with Crippen molar-refractivity contribution in [3.8, 4) is 0 Å². The molecule has 0 saturated heterocycles. The molecule has 0 unspecified atom stereocenters. The van der Waals surface area contributed by atoms with Crippen LogP contribution in [0, 0.1) is 0 Å². The SMILES string of the molecule is CCCCOC(=O)C1=C(N)N(CC(=O)OC)c2ccccc2[C@@]12C(=O)OC(C)=C2C(=O)OC(C)C. The summed E-state index contributed by atoms with van der Waals surface area (Å²) >= 11 is 0. The van der Waals surface area contributed by atoms with Crippen LogP contribution in [-0.4, -0.2) is 50.2 Å². The first-order chi connectivity index (χ1) is 16.6. The van der Waals surface area contributed by atoms with Crippen LogP contribution in [0.15, 0.2) is 47.0 Å². The largest absolute Gasteiger partial charge is 0.468 e. The highest BCUT2D eigenvalue weighted by atomic mass is 16.6. The summed E-state index contributed by atoms with van der Waals surface area (Å²) in [6.07, 6.45) is 0.833. The van der Waals surface area contributed by atoms with Crippen LogP contribution in [0.3, 0.4) is 0 Å². The first kappa shape index (κ1) is 25.8. The third kappa shape index (κ3) is 4.36. The third-order valence-corrected chi connectivity index (χ3v) is 5.80. The average molecular weight is 487 g/mol. The third-order valence-electron chi connectivity index (χ3n) is 5.80. The normalized spacial score (nSPS) is 19.1. The Morgan fingerprint density at radius 1 is 1.14 bits per heavy atom. The zero-order chi connectivity index (χ0) is 25.9. The Bertz CT molecular complexity index is 1120. The van der Waals surface area contributed by atoms with Gasteiger partial charge in [-0.05, 0) is 33.3 Å². The van der Waals surface area contributed by atoms with Gasteiger partial charge in [0.2, 0.25) is 0 Å². The highest BCUT2D eigenvalue weighted by Gasteiger charge is 2.63. The van der Waals surface area contributed by atoms with Crippen molar-refractivity contribution in [2.24, 2.45) is 5.73 Å². The summed E-state index contributed by atoms with van der Waals surface area (Å²) in [4.78, 5) is 54.0. The van der Waals surface area contributed by atoms with Crippen molar-refractivity contribution in [3.63, 3.8) is 0 Å². The van der Waals surface area contributed by atoms with Gasteiger partial charge in [0.05, 0.1) is 19.8 Å². The van der Waals surface area contributed by atoms with E-state index in [2.05, 4.69) is 0 Å². The number of allylic oxidation sites excluding steroid dienone is 1. The summed E-state index contributed by atoms with van der Waals surface area (Å²) in [7, 11) is 1.22. The molecule has 2 heterocycles. The number of para-hydroxylation sites is 1. The van der Waals surface area contributed by atoms with Gasteiger partial charge in [0.1, 0.15) is 29.3 Å². The predicted octanol–water partition coefficient (Wildman–Crippen LogP) is 2.21. The van der Waals surface area contributed by atoms with Crippen molar-refractivity contribution in [2.45, 2.75) is 52.1 Å². The second kappa shape index (κ2) is 10.2. The van der Waals surface area contributed by atoms with E-state index in [-0.39, 0.29) is 41.4 Å². The van der Waals surface area contributed by atoms with Gasteiger partial charge in [-0.25, -0.2) is 14.4 Å². The van der Waals surface area contributed by atoms with Crippen molar-refractivity contribution < 1.29 is 38.1 Å². The lowest BCUT2D eigenvalue weighted by molar-refractivity contribution is -0.148. The predicted molar refractivity (Wildman–Crippen MR) is 125 cm³/mol. The second-order valence-electron chi connectivity index (χ2n) is 8.45. The zero-order valence-corrected chi connectivity index (χ0v) is 20.5.